The Bertz CT molecular complexity index is 873. The van der Waals surface area contributed by atoms with Gasteiger partial charge in [0.05, 0.1) is 11.8 Å². The minimum atomic E-state index is -0.613. The van der Waals surface area contributed by atoms with Crippen LogP contribution in [0.25, 0.3) is 11.3 Å². The Kier molecular flexibility index (Phi) is 3.60. The third kappa shape index (κ3) is 2.80. The molecule has 0 saturated heterocycles. The predicted molar refractivity (Wildman–Crippen MR) is 82.4 cm³/mol. The normalized spacial score (nSPS) is 10.4. The number of nitrogens with two attached hydrogens (primary N) is 1. The Morgan fingerprint density at radius 1 is 1.13 bits per heavy atom. The van der Waals surface area contributed by atoms with Crippen LogP contribution in [0.5, 0.6) is 23.0 Å². The molecule has 7 heteroatoms. The number of nitrogens with one attached hydrogen (secondary N) is 1. The molecule has 0 atom stereocenters. The molecule has 0 bridgehead atoms. The fourth-order valence-corrected chi connectivity index (χ4v) is 2.15. The van der Waals surface area contributed by atoms with Crippen molar-refractivity contribution >= 4 is 5.91 Å². The molecule has 0 unspecified atom stereocenters. The van der Waals surface area contributed by atoms with Gasteiger partial charge in [-0.1, -0.05) is 12.1 Å². The molecule has 0 spiro atoms. The minimum Gasteiger partial charge on any atom is -0.508 e. The highest BCUT2D eigenvalue weighted by atomic mass is 16.5. The third-order valence-corrected chi connectivity index (χ3v) is 3.21. The zero-order valence-electron chi connectivity index (χ0n) is 11.9. The summed E-state index contributed by atoms with van der Waals surface area (Å²) < 4.78 is 5.71. The molecule has 1 heterocycles. The zero-order valence-corrected chi connectivity index (χ0v) is 11.9. The van der Waals surface area contributed by atoms with E-state index in [2.05, 4.69) is 10.2 Å². The van der Waals surface area contributed by atoms with Crippen molar-refractivity contribution in [3.63, 3.8) is 0 Å². The quantitative estimate of drug-likeness (QED) is 0.589. The average Bonchev–Trinajstić information content (AvgIpc) is 2.95. The SMILES string of the molecule is NC(=O)c1ccccc1Oc1c[nH]nc1-c1ccc(O)cc1O. The number of para-hydroxylation sites is 1. The van der Waals surface area contributed by atoms with Crippen LogP contribution >= 0.6 is 0 Å². The fraction of sp³-hybridized carbons (Fsp3) is 0. The van der Waals surface area contributed by atoms with Crippen LogP contribution < -0.4 is 10.5 Å². The maximum Gasteiger partial charge on any atom is 0.252 e. The number of benzene rings is 2. The number of carbonyl (C=O) groups excluding carboxylic acids is 1. The number of carbonyl (C=O) groups is 1. The molecule has 0 fully saturated rings. The highest BCUT2D eigenvalue weighted by molar-refractivity contribution is 5.95. The number of amides is 1. The molecule has 0 radical (unpaired) electrons. The van der Waals surface area contributed by atoms with Crippen LogP contribution in [-0.2, 0) is 0 Å². The van der Waals surface area contributed by atoms with Gasteiger partial charge in [0.25, 0.3) is 5.91 Å². The van der Waals surface area contributed by atoms with Gasteiger partial charge in [0.15, 0.2) is 5.75 Å². The monoisotopic (exact) mass is 311 g/mol. The van der Waals surface area contributed by atoms with Crippen LogP contribution in [0, 0.1) is 0 Å². The highest BCUT2D eigenvalue weighted by Crippen LogP contribution is 2.38. The lowest BCUT2D eigenvalue weighted by Crippen LogP contribution is -2.11. The van der Waals surface area contributed by atoms with Crippen molar-refractivity contribution in [1.82, 2.24) is 10.2 Å². The molecule has 0 aliphatic carbocycles. The molecule has 1 aromatic heterocycles. The number of hydrogen-bond acceptors (Lipinski definition) is 5. The third-order valence-electron chi connectivity index (χ3n) is 3.21. The largest absolute Gasteiger partial charge is 0.508 e. The summed E-state index contributed by atoms with van der Waals surface area (Å²) in [4.78, 5) is 11.4. The van der Waals surface area contributed by atoms with E-state index < -0.39 is 5.91 Å². The number of aromatic amines is 1. The molecule has 7 nitrogen and oxygen atoms in total. The van der Waals surface area contributed by atoms with Gasteiger partial charge < -0.3 is 20.7 Å². The van der Waals surface area contributed by atoms with Gasteiger partial charge in [0.2, 0.25) is 0 Å². The molecule has 0 aliphatic rings. The Hall–Kier alpha value is -3.48. The molecule has 3 aromatic rings. The van der Waals surface area contributed by atoms with Crippen LogP contribution in [0.15, 0.2) is 48.7 Å². The second-order valence-corrected chi connectivity index (χ2v) is 4.76. The van der Waals surface area contributed by atoms with Crippen molar-refractivity contribution in [3.8, 4) is 34.3 Å². The number of H-pyrrole nitrogens is 1. The van der Waals surface area contributed by atoms with E-state index in [0.717, 1.165) is 0 Å². The molecular weight excluding hydrogens is 298 g/mol. The Balaban J connectivity index is 2.01. The summed E-state index contributed by atoms with van der Waals surface area (Å²) in [5.41, 5.74) is 6.26. The first-order valence-electron chi connectivity index (χ1n) is 6.69. The van der Waals surface area contributed by atoms with Crippen LogP contribution in [-0.4, -0.2) is 26.3 Å². The fourth-order valence-electron chi connectivity index (χ4n) is 2.15. The van der Waals surface area contributed by atoms with E-state index in [4.69, 9.17) is 10.5 Å². The van der Waals surface area contributed by atoms with Crippen LogP contribution in [0.4, 0.5) is 0 Å². The number of phenolic OH excluding ortho intramolecular Hbond substituents is 2. The molecule has 3 rings (SSSR count). The van der Waals surface area contributed by atoms with E-state index in [0.29, 0.717) is 17.0 Å². The van der Waals surface area contributed by atoms with E-state index in [9.17, 15) is 15.0 Å². The number of phenols is 2. The van der Waals surface area contributed by atoms with Crippen molar-refractivity contribution in [3.05, 3.63) is 54.2 Å². The summed E-state index contributed by atoms with van der Waals surface area (Å²) in [6.07, 6.45) is 1.49. The van der Waals surface area contributed by atoms with E-state index >= 15 is 0 Å². The summed E-state index contributed by atoms with van der Waals surface area (Å²) in [5.74, 6) is -0.243. The van der Waals surface area contributed by atoms with Gasteiger partial charge in [0, 0.05) is 11.6 Å². The van der Waals surface area contributed by atoms with Gasteiger partial charge in [-0.2, -0.15) is 5.10 Å². The Labute approximate surface area is 131 Å². The topological polar surface area (TPSA) is 121 Å². The van der Waals surface area contributed by atoms with E-state index in [1.807, 2.05) is 0 Å². The van der Waals surface area contributed by atoms with Crippen LogP contribution in [0.3, 0.4) is 0 Å². The number of primary amides is 1. The summed E-state index contributed by atoms with van der Waals surface area (Å²) in [6, 6.07) is 10.7. The molecule has 0 saturated carbocycles. The van der Waals surface area contributed by atoms with Gasteiger partial charge in [-0.15, -0.1) is 0 Å². The minimum absolute atomic E-state index is 0.0664. The molecule has 0 aliphatic heterocycles. The van der Waals surface area contributed by atoms with Gasteiger partial charge in [-0.3, -0.25) is 9.89 Å². The lowest BCUT2D eigenvalue weighted by molar-refractivity contribution is 0.0998. The maximum atomic E-state index is 11.4. The second kappa shape index (κ2) is 5.72. The van der Waals surface area contributed by atoms with E-state index in [1.165, 1.54) is 24.4 Å². The zero-order chi connectivity index (χ0) is 16.4. The number of nitrogens with zero attached hydrogens (tertiary/aromatic N) is 1. The number of hydrogen-bond donors (Lipinski definition) is 4. The van der Waals surface area contributed by atoms with Crippen molar-refractivity contribution in [2.75, 3.05) is 0 Å². The number of ether oxygens (including phenoxy) is 1. The molecular formula is C16H13N3O4. The van der Waals surface area contributed by atoms with Gasteiger partial charge in [-0.25, -0.2) is 0 Å². The number of aromatic nitrogens is 2. The van der Waals surface area contributed by atoms with Crippen molar-refractivity contribution < 1.29 is 19.7 Å². The van der Waals surface area contributed by atoms with Gasteiger partial charge in [-0.05, 0) is 24.3 Å². The Morgan fingerprint density at radius 2 is 1.91 bits per heavy atom. The van der Waals surface area contributed by atoms with Crippen molar-refractivity contribution in [1.29, 1.82) is 0 Å². The smallest absolute Gasteiger partial charge is 0.252 e. The molecule has 1 amide bonds. The molecule has 23 heavy (non-hydrogen) atoms. The molecule has 5 N–H and O–H groups in total. The summed E-state index contributed by atoms with van der Waals surface area (Å²) >= 11 is 0. The first-order chi connectivity index (χ1) is 11.1. The summed E-state index contributed by atoms with van der Waals surface area (Å²) in [6.45, 7) is 0. The average molecular weight is 311 g/mol. The first kappa shape index (κ1) is 14.5. The molecule has 2 aromatic carbocycles. The highest BCUT2D eigenvalue weighted by Gasteiger charge is 2.17. The standard InChI is InChI=1S/C16H13N3O4/c17-16(22)11-3-1-2-4-13(11)23-14-8-18-19-15(14)10-6-5-9(20)7-12(10)21/h1-8,20-21H,(H2,17,22)(H,18,19). The van der Waals surface area contributed by atoms with Crippen LogP contribution in [0.2, 0.25) is 0 Å². The second-order valence-electron chi connectivity index (χ2n) is 4.76. The van der Waals surface area contributed by atoms with Crippen molar-refractivity contribution in [2.45, 2.75) is 0 Å². The van der Waals surface area contributed by atoms with E-state index in [1.54, 1.807) is 24.3 Å². The van der Waals surface area contributed by atoms with Gasteiger partial charge >= 0.3 is 0 Å². The first-order valence-corrected chi connectivity index (χ1v) is 6.69. The maximum absolute atomic E-state index is 11.4. The Morgan fingerprint density at radius 3 is 2.65 bits per heavy atom. The summed E-state index contributed by atoms with van der Waals surface area (Å²) in [5, 5.41) is 26.0. The number of aromatic hydroxyl groups is 2. The van der Waals surface area contributed by atoms with Crippen LogP contribution in [0.1, 0.15) is 10.4 Å². The van der Waals surface area contributed by atoms with Gasteiger partial charge in [0.1, 0.15) is 22.9 Å². The lowest BCUT2D eigenvalue weighted by atomic mass is 10.1. The molecule has 116 valence electrons. The predicted octanol–water partition coefficient (Wildman–Crippen LogP) is 2.38. The lowest BCUT2D eigenvalue weighted by Gasteiger charge is -2.09. The number of rotatable bonds is 4. The van der Waals surface area contributed by atoms with E-state index in [-0.39, 0.29) is 22.8 Å². The summed E-state index contributed by atoms with van der Waals surface area (Å²) in [7, 11) is 0. The van der Waals surface area contributed by atoms with Crippen molar-refractivity contribution in [2.24, 2.45) is 5.73 Å².